The van der Waals surface area contributed by atoms with Gasteiger partial charge in [0, 0.05) is 11.3 Å². The average Bonchev–Trinajstić information content (AvgIpc) is 3.16. The van der Waals surface area contributed by atoms with Crippen molar-refractivity contribution >= 4 is 44.9 Å². The van der Waals surface area contributed by atoms with Crippen molar-refractivity contribution in [2.75, 3.05) is 16.7 Å². The highest BCUT2D eigenvalue weighted by molar-refractivity contribution is 7.81. The summed E-state index contributed by atoms with van der Waals surface area (Å²) in [4.78, 5) is 12.5. The maximum atomic E-state index is 12.5. The molecule has 26 heavy (non-hydrogen) atoms. The molecule has 2 aromatic carbocycles. The van der Waals surface area contributed by atoms with Gasteiger partial charge in [0.15, 0.2) is 0 Å². The molecule has 1 unspecified atom stereocenters. The Kier molecular flexibility index (Phi) is 5.67. The summed E-state index contributed by atoms with van der Waals surface area (Å²) in [5, 5.41) is 5.15. The minimum atomic E-state index is -2.32. The molecule has 1 atom stereocenters. The molecule has 0 aliphatic rings. The number of nitrogens with one attached hydrogen (secondary N) is 1. The molecule has 0 saturated carbocycles. The number of rotatable bonds is 6. The quantitative estimate of drug-likeness (QED) is 0.618. The lowest BCUT2D eigenvalue weighted by atomic mass is 10.1. The van der Waals surface area contributed by atoms with Gasteiger partial charge in [0.1, 0.15) is 16.4 Å². The molecule has 1 amide bonds. The van der Waals surface area contributed by atoms with E-state index in [1.165, 1.54) is 28.8 Å². The Morgan fingerprint density at radius 2 is 1.92 bits per heavy atom. The summed E-state index contributed by atoms with van der Waals surface area (Å²) in [6, 6.07) is 17.3. The molecule has 134 valence electrons. The highest BCUT2D eigenvalue weighted by Gasteiger charge is 2.22. The number of hydrogen-bond acceptors (Lipinski definition) is 4. The first kappa shape index (κ1) is 18.1. The molecule has 0 spiro atoms. The number of amides is 1. The van der Waals surface area contributed by atoms with Crippen LogP contribution in [0.5, 0.6) is 5.75 Å². The van der Waals surface area contributed by atoms with Gasteiger partial charge in [0.05, 0.1) is 7.11 Å². The third-order valence-corrected chi connectivity index (χ3v) is 5.23. The highest BCUT2D eigenvalue weighted by Crippen LogP contribution is 2.37. The molecule has 0 aliphatic heterocycles. The minimum absolute atomic E-state index is 0.324. The molecule has 1 aromatic heterocycles. The zero-order valence-corrected chi connectivity index (χ0v) is 15.4. The molecular weight excluding hydrogens is 372 g/mol. The molecule has 6 nitrogen and oxygen atoms in total. The van der Waals surface area contributed by atoms with Gasteiger partial charge < -0.3 is 10.1 Å². The summed E-state index contributed by atoms with van der Waals surface area (Å²) in [6.07, 6.45) is 0. The zero-order valence-electron chi connectivity index (χ0n) is 13.8. The van der Waals surface area contributed by atoms with E-state index < -0.39 is 11.3 Å². The smallest absolute Gasteiger partial charge is 0.267 e. The van der Waals surface area contributed by atoms with Crippen LogP contribution >= 0.6 is 11.3 Å². The maximum Gasteiger partial charge on any atom is 0.267 e. The van der Waals surface area contributed by atoms with Crippen molar-refractivity contribution in [3.63, 3.8) is 0 Å². The average molecular weight is 388 g/mol. The second kappa shape index (κ2) is 8.13. The van der Waals surface area contributed by atoms with Crippen molar-refractivity contribution in [1.29, 1.82) is 0 Å². The van der Waals surface area contributed by atoms with Crippen LogP contribution in [0.3, 0.4) is 0 Å². The van der Waals surface area contributed by atoms with Crippen LogP contribution in [0.25, 0.3) is 0 Å². The predicted molar refractivity (Wildman–Crippen MR) is 105 cm³/mol. The molecule has 0 fully saturated rings. The third-order valence-electron chi connectivity index (χ3n) is 3.55. The summed E-state index contributed by atoms with van der Waals surface area (Å²) < 4.78 is 28.2. The second-order valence-corrected chi connectivity index (χ2v) is 6.94. The number of nitrogens with zero attached hydrogens (tertiary/aromatic N) is 1. The number of hydrogen-bond donors (Lipinski definition) is 2. The summed E-state index contributed by atoms with van der Waals surface area (Å²) in [5.41, 5.74) is 1.34. The topological polar surface area (TPSA) is 78.9 Å². The maximum absolute atomic E-state index is 12.5. The molecule has 0 aliphatic carbocycles. The van der Waals surface area contributed by atoms with Gasteiger partial charge in [-0.1, -0.05) is 18.2 Å². The molecule has 0 radical (unpaired) electrons. The first-order valence-electron chi connectivity index (χ1n) is 7.59. The third kappa shape index (κ3) is 3.93. The van der Waals surface area contributed by atoms with E-state index in [0.717, 1.165) is 0 Å². The van der Waals surface area contributed by atoms with Gasteiger partial charge >= 0.3 is 0 Å². The van der Waals surface area contributed by atoms with Gasteiger partial charge in [-0.25, -0.2) is 8.51 Å². The summed E-state index contributed by atoms with van der Waals surface area (Å²) in [7, 11) is 1.47. The standard InChI is InChI=1S/C18H16N2O4S2/c1-24-16-10-9-13(18(21)19-14-6-3-2-4-7-14)12-15(16)20(26(22)23)17-8-5-11-25-17/h2-12H,1H3,(H,19,21)(H,22,23). The molecule has 1 heterocycles. The van der Waals surface area contributed by atoms with Gasteiger partial charge in [0.2, 0.25) is 0 Å². The van der Waals surface area contributed by atoms with Crippen LogP contribution in [0.1, 0.15) is 10.4 Å². The van der Waals surface area contributed by atoms with Crippen LogP contribution in [0.15, 0.2) is 66.0 Å². The van der Waals surface area contributed by atoms with E-state index in [1.807, 2.05) is 18.2 Å². The number of carbonyl (C=O) groups excluding carboxylic acids is 1. The molecule has 3 aromatic rings. The zero-order chi connectivity index (χ0) is 18.5. The lowest BCUT2D eigenvalue weighted by Gasteiger charge is -2.21. The first-order chi connectivity index (χ1) is 12.6. The van der Waals surface area contributed by atoms with Crippen molar-refractivity contribution < 1.29 is 18.3 Å². The van der Waals surface area contributed by atoms with Gasteiger partial charge in [-0.2, -0.15) is 0 Å². The Bertz CT molecular complexity index is 914. The predicted octanol–water partition coefficient (Wildman–Crippen LogP) is 4.28. The molecule has 0 saturated heterocycles. The van der Waals surface area contributed by atoms with Crippen molar-refractivity contribution in [3.8, 4) is 5.75 Å². The van der Waals surface area contributed by atoms with E-state index in [2.05, 4.69) is 5.32 Å². The number of benzene rings is 2. The Balaban J connectivity index is 1.98. The normalized spacial score (nSPS) is 11.6. The number of anilines is 3. The lowest BCUT2D eigenvalue weighted by Crippen LogP contribution is -2.20. The summed E-state index contributed by atoms with van der Waals surface area (Å²) >= 11 is -1.02. The molecule has 3 rings (SSSR count). The van der Waals surface area contributed by atoms with Crippen LogP contribution in [-0.2, 0) is 11.3 Å². The lowest BCUT2D eigenvalue weighted by molar-refractivity contribution is 0.102. The van der Waals surface area contributed by atoms with Gasteiger partial charge in [-0.3, -0.25) is 9.35 Å². The summed E-state index contributed by atoms with van der Waals surface area (Å²) in [6.45, 7) is 0. The fraction of sp³-hybridized carbons (Fsp3) is 0.0556. The Hall–Kier alpha value is -2.68. The fourth-order valence-corrected chi connectivity index (χ4v) is 3.87. The van der Waals surface area contributed by atoms with Crippen molar-refractivity contribution in [3.05, 3.63) is 71.6 Å². The van der Waals surface area contributed by atoms with E-state index in [4.69, 9.17) is 4.74 Å². The van der Waals surface area contributed by atoms with Crippen LogP contribution < -0.4 is 14.4 Å². The number of thiophene rings is 1. The fourth-order valence-electron chi connectivity index (χ4n) is 2.38. The molecule has 2 N–H and O–H groups in total. The monoisotopic (exact) mass is 388 g/mol. The second-order valence-electron chi connectivity index (χ2n) is 5.18. The largest absolute Gasteiger partial charge is 0.495 e. The van der Waals surface area contributed by atoms with Crippen molar-refractivity contribution in [1.82, 2.24) is 0 Å². The Morgan fingerprint density at radius 1 is 1.15 bits per heavy atom. The number of carbonyl (C=O) groups is 1. The van der Waals surface area contributed by atoms with Gasteiger partial charge in [-0.15, -0.1) is 11.3 Å². The van der Waals surface area contributed by atoms with E-state index in [-0.39, 0.29) is 5.91 Å². The molecular formula is C18H16N2O4S2. The van der Waals surface area contributed by atoms with Gasteiger partial charge in [0.25, 0.3) is 17.2 Å². The Labute approximate surface area is 157 Å². The van der Waals surface area contributed by atoms with Crippen LogP contribution in [0, 0.1) is 0 Å². The minimum Gasteiger partial charge on any atom is -0.495 e. The number of para-hydroxylation sites is 1. The van der Waals surface area contributed by atoms with E-state index in [1.54, 1.807) is 41.8 Å². The van der Waals surface area contributed by atoms with E-state index >= 15 is 0 Å². The van der Waals surface area contributed by atoms with Crippen LogP contribution in [-0.4, -0.2) is 21.8 Å². The number of methoxy groups -OCH3 is 1. The van der Waals surface area contributed by atoms with Crippen molar-refractivity contribution in [2.24, 2.45) is 0 Å². The van der Waals surface area contributed by atoms with E-state index in [0.29, 0.717) is 27.7 Å². The summed E-state index contributed by atoms with van der Waals surface area (Å²) in [5.74, 6) is 0.0621. The first-order valence-corrected chi connectivity index (χ1v) is 9.53. The van der Waals surface area contributed by atoms with Gasteiger partial charge in [-0.05, 0) is 47.8 Å². The van der Waals surface area contributed by atoms with Crippen LogP contribution in [0.4, 0.5) is 16.4 Å². The molecule has 8 heteroatoms. The number of ether oxygens (including phenoxy) is 1. The molecule has 0 bridgehead atoms. The Morgan fingerprint density at radius 3 is 2.54 bits per heavy atom. The van der Waals surface area contributed by atoms with E-state index in [9.17, 15) is 13.6 Å². The SMILES string of the molecule is COc1ccc(C(=O)Nc2ccccc2)cc1N(c1cccs1)S(=O)O. The highest BCUT2D eigenvalue weighted by atomic mass is 32.2. The van der Waals surface area contributed by atoms with Crippen LogP contribution in [0.2, 0.25) is 0 Å². The van der Waals surface area contributed by atoms with Crippen molar-refractivity contribution in [2.45, 2.75) is 0 Å².